The third-order valence-electron chi connectivity index (χ3n) is 2.69. The summed E-state index contributed by atoms with van der Waals surface area (Å²) in [5, 5.41) is 19.5. The van der Waals surface area contributed by atoms with Gasteiger partial charge in [-0.2, -0.15) is 0 Å². The summed E-state index contributed by atoms with van der Waals surface area (Å²) in [5.74, 6) is -2.65. The van der Waals surface area contributed by atoms with Crippen LogP contribution in [0.25, 0.3) is 0 Å². The smallest absolute Gasteiger partial charge is 0.305 e. The van der Waals surface area contributed by atoms with Gasteiger partial charge in [0.2, 0.25) is 0 Å². The highest BCUT2D eigenvalue weighted by Crippen LogP contribution is 2.25. The van der Waals surface area contributed by atoms with Crippen molar-refractivity contribution in [1.29, 1.82) is 0 Å². The SMILES string of the molecule is Cc1cc(F)cc(C(=O)N(C)CCC(=O)O)c1[N+](=O)[O-]. The molecule has 0 aliphatic heterocycles. The first-order chi connectivity index (χ1) is 9.23. The lowest BCUT2D eigenvalue weighted by molar-refractivity contribution is -0.385. The number of hydrogen-bond acceptors (Lipinski definition) is 4. The summed E-state index contributed by atoms with van der Waals surface area (Å²) in [6.45, 7) is 1.20. The Bertz CT molecular complexity index is 573. The van der Waals surface area contributed by atoms with E-state index >= 15 is 0 Å². The first-order valence-electron chi connectivity index (χ1n) is 5.65. The summed E-state index contributed by atoms with van der Waals surface area (Å²) in [5.41, 5.74) is -0.830. The number of carboxylic acids is 1. The highest BCUT2D eigenvalue weighted by Gasteiger charge is 2.26. The number of benzene rings is 1. The fourth-order valence-electron chi connectivity index (χ4n) is 1.71. The van der Waals surface area contributed by atoms with E-state index in [4.69, 9.17) is 5.11 Å². The molecule has 20 heavy (non-hydrogen) atoms. The van der Waals surface area contributed by atoms with Crippen molar-refractivity contribution in [2.75, 3.05) is 13.6 Å². The van der Waals surface area contributed by atoms with Gasteiger partial charge in [-0.1, -0.05) is 0 Å². The minimum Gasteiger partial charge on any atom is -0.481 e. The van der Waals surface area contributed by atoms with Crippen LogP contribution < -0.4 is 0 Å². The molecule has 0 aromatic heterocycles. The molecule has 0 heterocycles. The molecular weight excluding hydrogens is 271 g/mol. The van der Waals surface area contributed by atoms with Crippen LogP contribution in [0.15, 0.2) is 12.1 Å². The van der Waals surface area contributed by atoms with E-state index in [9.17, 15) is 24.1 Å². The Morgan fingerprint density at radius 2 is 2.05 bits per heavy atom. The molecule has 8 heteroatoms. The van der Waals surface area contributed by atoms with Gasteiger partial charge in [0.15, 0.2) is 0 Å². The lowest BCUT2D eigenvalue weighted by Crippen LogP contribution is -2.29. The maximum atomic E-state index is 13.3. The zero-order chi connectivity index (χ0) is 15.4. The molecule has 0 fully saturated rings. The number of nitro groups is 1. The standard InChI is InChI=1S/C12H13FN2O5/c1-7-5-8(13)6-9(11(7)15(19)20)12(18)14(2)4-3-10(16)17/h5-6H,3-4H2,1-2H3,(H,16,17). The number of nitrogens with zero attached hydrogens (tertiary/aromatic N) is 2. The zero-order valence-corrected chi connectivity index (χ0v) is 10.9. The number of carboxylic acid groups (broad SMARTS) is 1. The van der Waals surface area contributed by atoms with Crippen molar-refractivity contribution >= 4 is 17.6 Å². The Morgan fingerprint density at radius 1 is 1.45 bits per heavy atom. The quantitative estimate of drug-likeness (QED) is 0.653. The second kappa shape index (κ2) is 6.09. The molecule has 0 aliphatic rings. The maximum absolute atomic E-state index is 13.3. The predicted octanol–water partition coefficient (Wildman–Crippen LogP) is 1.59. The molecular formula is C12H13FN2O5. The van der Waals surface area contributed by atoms with E-state index in [0.717, 1.165) is 17.0 Å². The Morgan fingerprint density at radius 3 is 2.55 bits per heavy atom. The molecule has 1 amide bonds. The molecule has 1 N–H and O–H groups in total. The maximum Gasteiger partial charge on any atom is 0.305 e. The molecule has 1 rings (SSSR count). The number of aliphatic carboxylic acids is 1. The van der Waals surface area contributed by atoms with Crippen molar-refractivity contribution in [2.45, 2.75) is 13.3 Å². The predicted molar refractivity (Wildman–Crippen MR) is 67.0 cm³/mol. The number of carbonyl (C=O) groups excluding carboxylic acids is 1. The van der Waals surface area contributed by atoms with E-state index in [2.05, 4.69) is 0 Å². The second-order valence-electron chi connectivity index (χ2n) is 4.25. The van der Waals surface area contributed by atoms with Crippen molar-refractivity contribution in [1.82, 2.24) is 4.90 Å². The molecule has 0 unspecified atom stereocenters. The molecule has 0 aliphatic carbocycles. The van der Waals surface area contributed by atoms with Gasteiger partial charge in [0.25, 0.3) is 11.6 Å². The molecule has 1 aromatic rings. The number of amides is 1. The Hall–Kier alpha value is -2.51. The van der Waals surface area contributed by atoms with Crippen LogP contribution in [0.3, 0.4) is 0 Å². The number of hydrogen-bond donors (Lipinski definition) is 1. The normalized spacial score (nSPS) is 10.2. The zero-order valence-electron chi connectivity index (χ0n) is 10.9. The summed E-state index contributed by atoms with van der Waals surface area (Å²) in [4.78, 5) is 33.7. The lowest BCUT2D eigenvalue weighted by Gasteiger charge is -2.16. The molecule has 0 saturated heterocycles. The fraction of sp³-hybridized carbons (Fsp3) is 0.333. The molecule has 0 radical (unpaired) electrons. The summed E-state index contributed by atoms with van der Waals surface area (Å²) >= 11 is 0. The van der Waals surface area contributed by atoms with E-state index in [0.29, 0.717) is 0 Å². The minimum absolute atomic E-state index is 0.0324. The number of carbonyl (C=O) groups is 2. The third-order valence-corrected chi connectivity index (χ3v) is 2.69. The van der Waals surface area contributed by atoms with Crippen LogP contribution >= 0.6 is 0 Å². The van der Waals surface area contributed by atoms with Gasteiger partial charge in [-0.05, 0) is 19.1 Å². The average molecular weight is 284 g/mol. The molecule has 0 spiro atoms. The summed E-state index contributed by atoms with van der Waals surface area (Å²) in [6, 6.07) is 1.75. The minimum atomic E-state index is -1.10. The topological polar surface area (TPSA) is 101 Å². The van der Waals surface area contributed by atoms with Crippen LogP contribution in [0.4, 0.5) is 10.1 Å². The van der Waals surface area contributed by atoms with Gasteiger partial charge < -0.3 is 10.0 Å². The number of rotatable bonds is 5. The van der Waals surface area contributed by atoms with Crippen LogP contribution in [0.2, 0.25) is 0 Å². The fourth-order valence-corrected chi connectivity index (χ4v) is 1.71. The van der Waals surface area contributed by atoms with Gasteiger partial charge in [-0.15, -0.1) is 0 Å². The van der Waals surface area contributed by atoms with Crippen molar-refractivity contribution < 1.29 is 24.0 Å². The summed E-state index contributed by atoms with van der Waals surface area (Å²) in [6.07, 6.45) is -0.301. The van der Waals surface area contributed by atoms with E-state index in [1.165, 1.54) is 14.0 Å². The Balaban J connectivity index is 3.14. The molecule has 7 nitrogen and oxygen atoms in total. The number of aryl methyl sites for hydroxylation is 1. The van der Waals surface area contributed by atoms with Gasteiger partial charge in [0.05, 0.1) is 11.3 Å². The monoisotopic (exact) mass is 284 g/mol. The first kappa shape index (κ1) is 15.5. The van der Waals surface area contributed by atoms with Crippen LogP contribution in [0.1, 0.15) is 22.3 Å². The van der Waals surface area contributed by atoms with Gasteiger partial charge in [0.1, 0.15) is 11.4 Å². The van der Waals surface area contributed by atoms with Gasteiger partial charge in [-0.25, -0.2) is 4.39 Å². The van der Waals surface area contributed by atoms with Gasteiger partial charge in [0, 0.05) is 19.2 Å². The highest BCUT2D eigenvalue weighted by molar-refractivity contribution is 5.98. The van der Waals surface area contributed by atoms with Crippen LogP contribution in [-0.4, -0.2) is 40.4 Å². The van der Waals surface area contributed by atoms with Crippen LogP contribution in [-0.2, 0) is 4.79 Å². The van der Waals surface area contributed by atoms with Crippen LogP contribution in [0, 0.1) is 22.9 Å². The summed E-state index contributed by atoms with van der Waals surface area (Å²) < 4.78 is 13.3. The van der Waals surface area contributed by atoms with Gasteiger partial charge >= 0.3 is 5.97 Å². The molecule has 0 bridgehead atoms. The molecule has 0 atom stereocenters. The number of nitro benzene ring substituents is 1. The Kier molecular flexibility index (Phi) is 4.73. The summed E-state index contributed by atoms with van der Waals surface area (Å²) in [7, 11) is 1.30. The highest BCUT2D eigenvalue weighted by atomic mass is 19.1. The van der Waals surface area contributed by atoms with Crippen molar-refractivity contribution in [3.8, 4) is 0 Å². The average Bonchev–Trinajstić information content (AvgIpc) is 2.33. The van der Waals surface area contributed by atoms with Crippen molar-refractivity contribution in [3.05, 3.63) is 39.2 Å². The van der Waals surface area contributed by atoms with Crippen LogP contribution in [0.5, 0.6) is 0 Å². The van der Waals surface area contributed by atoms with Gasteiger partial charge in [-0.3, -0.25) is 19.7 Å². The first-order valence-corrected chi connectivity index (χ1v) is 5.65. The molecule has 108 valence electrons. The van der Waals surface area contributed by atoms with E-state index in [1.54, 1.807) is 0 Å². The lowest BCUT2D eigenvalue weighted by atomic mass is 10.1. The van der Waals surface area contributed by atoms with E-state index in [1.807, 2.05) is 0 Å². The third kappa shape index (κ3) is 3.50. The van der Waals surface area contributed by atoms with Crippen molar-refractivity contribution in [2.24, 2.45) is 0 Å². The Labute approximate surface area is 113 Å². The molecule has 1 aromatic carbocycles. The molecule has 0 saturated carbocycles. The number of halogens is 1. The largest absolute Gasteiger partial charge is 0.481 e. The second-order valence-corrected chi connectivity index (χ2v) is 4.25. The van der Waals surface area contributed by atoms with Crippen molar-refractivity contribution in [3.63, 3.8) is 0 Å². The van der Waals surface area contributed by atoms with E-state index in [-0.39, 0.29) is 24.1 Å². The van der Waals surface area contributed by atoms with E-state index < -0.39 is 28.3 Å².